The van der Waals surface area contributed by atoms with E-state index in [0.29, 0.717) is 5.02 Å². The van der Waals surface area contributed by atoms with Gasteiger partial charge in [-0.1, -0.05) is 41.4 Å². The molecule has 1 heterocycles. The second-order valence-electron chi connectivity index (χ2n) is 4.19. The predicted molar refractivity (Wildman–Crippen MR) is 78.9 cm³/mol. The van der Waals surface area contributed by atoms with Crippen LogP contribution in [0.25, 0.3) is 21.9 Å². The van der Waals surface area contributed by atoms with Gasteiger partial charge in [-0.05, 0) is 23.1 Å². The van der Waals surface area contributed by atoms with E-state index in [1.165, 1.54) is 6.07 Å². The fourth-order valence-electron chi connectivity index (χ4n) is 2.10. The number of benzene rings is 2. The predicted octanol–water partition coefficient (Wildman–Crippen LogP) is 4.91. The number of fused-ring (bicyclic) bond motifs is 1. The van der Waals surface area contributed by atoms with Gasteiger partial charge in [0.2, 0.25) is 0 Å². The van der Waals surface area contributed by atoms with Gasteiger partial charge in [0, 0.05) is 29.4 Å². The van der Waals surface area contributed by atoms with E-state index in [1.807, 2.05) is 24.3 Å². The van der Waals surface area contributed by atoms with Crippen LogP contribution < -0.4 is 0 Å². The van der Waals surface area contributed by atoms with Crippen LogP contribution in [0.3, 0.4) is 0 Å². The minimum absolute atomic E-state index is 0.0164. The monoisotopic (exact) mass is 289 g/mol. The van der Waals surface area contributed by atoms with Crippen molar-refractivity contribution in [2.24, 2.45) is 0 Å². The van der Waals surface area contributed by atoms with Crippen molar-refractivity contribution in [3.63, 3.8) is 0 Å². The molecule has 1 aromatic heterocycles. The van der Waals surface area contributed by atoms with Gasteiger partial charge in [-0.25, -0.2) is 0 Å². The molecule has 1 N–H and O–H groups in total. The summed E-state index contributed by atoms with van der Waals surface area (Å²) in [5.74, 6) is -0.0164. The third-order valence-corrected chi connectivity index (χ3v) is 3.62. The molecule has 3 aromatic rings. The first-order chi connectivity index (χ1) is 9.16. The molecule has 19 heavy (non-hydrogen) atoms. The smallest absolute Gasteiger partial charge is 0.135 e. The molecule has 2 aromatic carbocycles. The summed E-state index contributed by atoms with van der Waals surface area (Å²) in [7, 11) is 0. The highest BCUT2D eigenvalue weighted by Crippen LogP contribution is 2.38. The van der Waals surface area contributed by atoms with Gasteiger partial charge >= 0.3 is 0 Å². The minimum Gasteiger partial charge on any atom is -0.506 e. The molecule has 0 aliphatic carbocycles. The summed E-state index contributed by atoms with van der Waals surface area (Å²) in [4.78, 5) is 4.10. The molecule has 2 nitrogen and oxygen atoms in total. The molecule has 0 unspecified atom stereocenters. The second-order valence-corrected chi connectivity index (χ2v) is 5.00. The fourth-order valence-corrected chi connectivity index (χ4v) is 2.52. The highest BCUT2D eigenvalue weighted by atomic mass is 35.5. The third kappa shape index (κ3) is 2.14. The molecular formula is C15H9Cl2NO. The van der Waals surface area contributed by atoms with Crippen LogP contribution >= 0.6 is 23.2 Å². The van der Waals surface area contributed by atoms with Gasteiger partial charge in [-0.15, -0.1) is 0 Å². The summed E-state index contributed by atoms with van der Waals surface area (Å²) in [6.07, 6.45) is 3.54. The van der Waals surface area contributed by atoms with Crippen molar-refractivity contribution in [2.75, 3.05) is 0 Å². The Labute approximate surface area is 120 Å². The van der Waals surface area contributed by atoms with E-state index in [4.69, 9.17) is 23.2 Å². The number of aromatic nitrogens is 1. The van der Waals surface area contributed by atoms with Gasteiger partial charge in [-0.3, -0.25) is 4.98 Å². The number of hydrogen-bond donors (Lipinski definition) is 1. The Morgan fingerprint density at radius 3 is 2.63 bits per heavy atom. The molecule has 4 heteroatoms. The molecule has 0 saturated heterocycles. The zero-order chi connectivity index (χ0) is 13.4. The quantitative estimate of drug-likeness (QED) is 0.690. The molecule has 0 atom stereocenters. The van der Waals surface area contributed by atoms with E-state index in [9.17, 15) is 5.11 Å². The van der Waals surface area contributed by atoms with Crippen molar-refractivity contribution < 1.29 is 5.11 Å². The number of halogens is 2. The number of pyridine rings is 1. The lowest BCUT2D eigenvalue weighted by atomic mass is 9.99. The summed E-state index contributed by atoms with van der Waals surface area (Å²) >= 11 is 12.2. The number of nitrogens with zero attached hydrogens (tertiary/aromatic N) is 1. The molecule has 0 amide bonds. The maximum Gasteiger partial charge on any atom is 0.135 e. The van der Waals surface area contributed by atoms with E-state index in [-0.39, 0.29) is 10.8 Å². The molecule has 0 spiro atoms. The summed E-state index contributed by atoms with van der Waals surface area (Å²) < 4.78 is 0. The van der Waals surface area contributed by atoms with Gasteiger partial charge in [0.1, 0.15) is 5.75 Å². The van der Waals surface area contributed by atoms with Crippen LogP contribution in [0.15, 0.2) is 48.8 Å². The first-order valence-corrected chi connectivity index (χ1v) is 6.43. The average molecular weight is 290 g/mol. The van der Waals surface area contributed by atoms with Crippen molar-refractivity contribution >= 4 is 34.0 Å². The average Bonchev–Trinajstić information content (AvgIpc) is 2.42. The number of hydrogen-bond acceptors (Lipinski definition) is 2. The second kappa shape index (κ2) is 4.72. The zero-order valence-corrected chi connectivity index (χ0v) is 11.3. The molecule has 3 rings (SSSR count). The van der Waals surface area contributed by atoms with Gasteiger partial charge in [-0.2, -0.15) is 0 Å². The Kier molecular flexibility index (Phi) is 3.05. The summed E-state index contributed by atoms with van der Waals surface area (Å²) in [5.41, 5.74) is 1.76. The fraction of sp³-hybridized carbons (Fsp3) is 0. The van der Waals surface area contributed by atoms with E-state index < -0.39 is 0 Å². The van der Waals surface area contributed by atoms with E-state index in [1.54, 1.807) is 18.5 Å². The lowest BCUT2D eigenvalue weighted by Gasteiger charge is -2.09. The third-order valence-electron chi connectivity index (χ3n) is 3.01. The maximum atomic E-state index is 9.56. The minimum atomic E-state index is -0.0164. The lowest BCUT2D eigenvalue weighted by molar-refractivity contribution is 0.475. The Hall–Kier alpha value is -1.77. The van der Waals surface area contributed by atoms with Gasteiger partial charge in [0.05, 0.1) is 10.0 Å². The number of phenolic OH excluding ortho intramolecular Hbond substituents is 1. The SMILES string of the molecule is Oc1cc(Cl)c(-c2cccc3cnccc23)cc1Cl. The van der Waals surface area contributed by atoms with Crippen molar-refractivity contribution in [1.82, 2.24) is 4.98 Å². The molecule has 94 valence electrons. The first-order valence-electron chi connectivity index (χ1n) is 5.68. The largest absolute Gasteiger partial charge is 0.506 e. The van der Waals surface area contributed by atoms with Crippen LogP contribution in [0.4, 0.5) is 0 Å². The lowest BCUT2D eigenvalue weighted by Crippen LogP contribution is -1.84. The molecule has 0 bridgehead atoms. The van der Waals surface area contributed by atoms with E-state index in [2.05, 4.69) is 4.98 Å². The van der Waals surface area contributed by atoms with Crippen molar-refractivity contribution in [2.45, 2.75) is 0 Å². The zero-order valence-electron chi connectivity index (χ0n) is 9.77. The van der Waals surface area contributed by atoms with Crippen LogP contribution in [0.5, 0.6) is 5.75 Å². The highest BCUT2D eigenvalue weighted by Gasteiger charge is 2.11. The van der Waals surface area contributed by atoms with Crippen LogP contribution in [0.2, 0.25) is 10.0 Å². The molecular weight excluding hydrogens is 281 g/mol. The summed E-state index contributed by atoms with van der Waals surface area (Å²) in [5, 5.41) is 12.4. The van der Waals surface area contributed by atoms with E-state index >= 15 is 0 Å². The molecule has 0 aliphatic heterocycles. The van der Waals surface area contributed by atoms with Gasteiger partial charge < -0.3 is 5.11 Å². The first kappa shape index (κ1) is 12.3. The Morgan fingerprint density at radius 1 is 0.947 bits per heavy atom. The Morgan fingerprint density at radius 2 is 1.79 bits per heavy atom. The highest BCUT2D eigenvalue weighted by molar-refractivity contribution is 6.36. The molecule has 0 aliphatic rings. The van der Waals surface area contributed by atoms with Crippen LogP contribution in [-0.4, -0.2) is 10.1 Å². The van der Waals surface area contributed by atoms with Crippen molar-refractivity contribution in [1.29, 1.82) is 0 Å². The summed E-state index contributed by atoms with van der Waals surface area (Å²) in [6, 6.07) is 11.0. The number of rotatable bonds is 1. The van der Waals surface area contributed by atoms with Crippen LogP contribution in [0, 0.1) is 0 Å². The molecule has 0 fully saturated rings. The van der Waals surface area contributed by atoms with Crippen LogP contribution in [0.1, 0.15) is 0 Å². The standard InChI is InChI=1S/C15H9Cl2NO/c16-13-7-15(19)14(17)6-12(13)11-3-1-2-9-8-18-5-4-10(9)11/h1-8,19H. The van der Waals surface area contributed by atoms with Crippen molar-refractivity contribution in [3.8, 4) is 16.9 Å². The Bertz CT molecular complexity index is 766. The van der Waals surface area contributed by atoms with Gasteiger partial charge in [0.25, 0.3) is 0 Å². The topological polar surface area (TPSA) is 33.1 Å². The Balaban J connectivity index is 2.33. The van der Waals surface area contributed by atoms with Crippen LogP contribution in [-0.2, 0) is 0 Å². The van der Waals surface area contributed by atoms with Gasteiger partial charge in [0.15, 0.2) is 0 Å². The molecule has 0 radical (unpaired) electrons. The van der Waals surface area contributed by atoms with E-state index in [0.717, 1.165) is 21.9 Å². The molecule has 0 saturated carbocycles. The summed E-state index contributed by atoms with van der Waals surface area (Å²) in [6.45, 7) is 0. The normalized spacial score (nSPS) is 10.8. The van der Waals surface area contributed by atoms with Crippen molar-refractivity contribution in [3.05, 3.63) is 58.8 Å². The number of phenols is 1. The maximum absolute atomic E-state index is 9.56. The number of aromatic hydroxyl groups is 1.